The van der Waals surface area contributed by atoms with Crippen molar-refractivity contribution in [3.8, 4) is 0 Å². The molecular formula is C14H13BrClFN2. The standard InChI is InChI=1S/C14H13BrClFN2/c1-9(6-10-2-4-12(17)5-3-10)19-13-7-11(15)8-18-14(13)16/h2-5,7-9,19H,6H2,1H3. The number of benzene rings is 1. The van der Waals surface area contributed by atoms with Crippen molar-refractivity contribution in [1.29, 1.82) is 0 Å². The summed E-state index contributed by atoms with van der Waals surface area (Å²) in [5.74, 6) is -0.219. The molecule has 0 saturated carbocycles. The lowest BCUT2D eigenvalue weighted by atomic mass is 10.1. The Balaban J connectivity index is 2.02. The molecule has 2 rings (SSSR count). The predicted molar refractivity (Wildman–Crippen MR) is 80.1 cm³/mol. The summed E-state index contributed by atoms with van der Waals surface area (Å²) in [6.07, 6.45) is 2.43. The van der Waals surface area contributed by atoms with Gasteiger partial charge in [-0.1, -0.05) is 23.7 Å². The van der Waals surface area contributed by atoms with E-state index in [1.807, 2.05) is 13.0 Å². The van der Waals surface area contributed by atoms with E-state index >= 15 is 0 Å². The number of aromatic nitrogens is 1. The Hall–Kier alpha value is -1.13. The second kappa shape index (κ2) is 6.35. The van der Waals surface area contributed by atoms with Gasteiger partial charge in [-0.15, -0.1) is 0 Å². The first-order chi connectivity index (χ1) is 9.04. The molecule has 0 aliphatic carbocycles. The molecule has 1 atom stereocenters. The molecule has 2 nitrogen and oxygen atoms in total. The molecule has 0 amide bonds. The Morgan fingerprint density at radius 1 is 1.37 bits per heavy atom. The van der Waals surface area contributed by atoms with E-state index in [0.717, 1.165) is 22.1 Å². The number of pyridine rings is 1. The molecule has 1 unspecified atom stereocenters. The monoisotopic (exact) mass is 342 g/mol. The van der Waals surface area contributed by atoms with Crippen molar-refractivity contribution < 1.29 is 4.39 Å². The van der Waals surface area contributed by atoms with Crippen LogP contribution < -0.4 is 5.32 Å². The summed E-state index contributed by atoms with van der Waals surface area (Å²) in [7, 11) is 0. The van der Waals surface area contributed by atoms with Gasteiger partial charge >= 0.3 is 0 Å². The molecular weight excluding hydrogens is 331 g/mol. The van der Waals surface area contributed by atoms with Crippen LogP contribution in [0.2, 0.25) is 5.15 Å². The van der Waals surface area contributed by atoms with E-state index in [1.165, 1.54) is 12.1 Å². The van der Waals surface area contributed by atoms with Gasteiger partial charge in [-0.2, -0.15) is 0 Å². The van der Waals surface area contributed by atoms with Crippen molar-refractivity contribution in [2.24, 2.45) is 0 Å². The minimum atomic E-state index is -0.219. The van der Waals surface area contributed by atoms with Crippen molar-refractivity contribution in [3.05, 3.63) is 57.5 Å². The highest BCUT2D eigenvalue weighted by Gasteiger charge is 2.08. The van der Waals surface area contributed by atoms with Gasteiger partial charge in [-0.3, -0.25) is 0 Å². The number of rotatable bonds is 4. The molecule has 5 heteroatoms. The van der Waals surface area contributed by atoms with Gasteiger partial charge in [0.1, 0.15) is 5.82 Å². The average molecular weight is 344 g/mol. The molecule has 0 radical (unpaired) electrons. The normalized spacial score (nSPS) is 12.2. The zero-order valence-corrected chi connectivity index (χ0v) is 12.7. The molecule has 1 aromatic heterocycles. The van der Waals surface area contributed by atoms with E-state index in [0.29, 0.717) is 5.15 Å². The van der Waals surface area contributed by atoms with Crippen LogP contribution in [0.25, 0.3) is 0 Å². The molecule has 0 fully saturated rings. The number of hydrogen-bond donors (Lipinski definition) is 1. The minimum Gasteiger partial charge on any atom is -0.380 e. The maximum Gasteiger partial charge on any atom is 0.152 e. The van der Waals surface area contributed by atoms with Crippen LogP contribution in [0.1, 0.15) is 12.5 Å². The van der Waals surface area contributed by atoms with Gasteiger partial charge in [-0.05, 0) is 53.0 Å². The molecule has 100 valence electrons. The summed E-state index contributed by atoms with van der Waals surface area (Å²) < 4.78 is 13.7. The van der Waals surface area contributed by atoms with E-state index < -0.39 is 0 Å². The second-order valence-electron chi connectivity index (χ2n) is 4.37. The lowest BCUT2D eigenvalue weighted by Crippen LogP contribution is -2.18. The fourth-order valence-corrected chi connectivity index (χ4v) is 2.30. The molecule has 0 saturated heterocycles. The van der Waals surface area contributed by atoms with Gasteiger partial charge in [0, 0.05) is 16.7 Å². The predicted octanol–water partition coefficient (Wildman–Crippen LogP) is 4.68. The average Bonchev–Trinajstić information content (AvgIpc) is 2.37. The molecule has 1 heterocycles. The quantitative estimate of drug-likeness (QED) is 0.815. The highest BCUT2D eigenvalue weighted by molar-refractivity contribution is 9.10. The Kier molecular flexibility index (Phi) is 4.77. The SMILES string of the molecule is CC(Cc1ccc(F)cc1)Nc1cc(Br)cnc1Cl. The minimum absolute atomic E-state index is 0.166. The van der Waals surface area contributed by atoms with E-state index in [1.54, 1.807) is 18.3 Å². The summed E-state index contributed by atoms with van der Waals surface area (Å²) in [6.45, 7) is 2.04. The van der Waals surface area contributed by atoms with Gasteiger partial charge in [0.05, 0.1) is 5.69 Å². The van der Waals surface area contributed by atoms with Crippen LogP contribution in [0, 0.1) is 5.82 Å². The Morgan fingerprint density at radius 2 is 2.05 bits per heavy atom. The van der Waals surface area contributed by atoms with Crippen LogP contribution in [0.3, 0.4) is 0 Å². The summed E-state index contributed by atoms with van der Waals surface area (Å²) in [5.41, 5.74) is 1.85. The summed E-state index contributed by atoms with van der Waals surface area (Å²) in [5, 5.41) is 3.73. The lowest BCUT2D eigenvalue weighted by molar-refractivity contribution is 0.626. The Morgan fingerprint density at radius 3 is 2.74 bits per heavy atom. The van der Waals surface area contributed by atoms with Crippen molar-refractivity contribution in [2.45, 2.75) is 19.4 Å². The Bertz CT molecular complexity index is 560. The van der Waals surface area contributed by atoms with Crippen molar-refractivity contribution in [3.63, 3.8) is 0 Å². The third-order valence-electron chi connectivity index (χ3n) is 2.66. The third kappa shape index (κ3) is 4.18. The topological polar surface area (TPSA) is 24.9 Å². The molecule has 0 bridgehead atoms. The maximum absolute atomic E-state index is 12.8. The van der Waals surface area contributed by atoms with Crippen LogP contribution in [-0.2, 0) is 6.42 Å². The van der Waals surface area contributed by atoms with Crippen LogP contribution >= 0.6 is 27.5 Å². The number of nitrogens with zero attached hydrogens (tertiary/aromatic N) is 1. The zero-order valence-electron chi connectivity index (χ0n) is 10.3. The highest BCUT2D eigenvalue weighted by atomic mass is 79.9. The van der Waals surface area contributed by atoms with Crippen LogP contribution in [0.15, 0.2) is 41.0 Å². The van der Waals surface area contributed by atoms with Crippen molar-refractivity contribution in [2.75, 3.05) is 5.32 Å². The third-order valence-corrected chi connectivity index (χ3v) is 3.40. The second-order valence-corrected chi connectivity index (χ2v) is 5.64. The first-order valence-corrected chi connectivity index (χ1v) is 7.03. The molecule has 1 N–H and O–H groups in total. The molecule has 0 aliphatic heterocycles. The number of halogens is 3. The van der Waals surface area contributed by atoms with E-state index in [2.05, 4.69) is 26.2 Å². The fraction of sp³-hybridized carbons (Fsp3) is 0.214. The van der Waals surface area contributed by atoms with Gasteiger partial charge in [0.25, 0.3) is 0 Å². The number of anilines is 1. The maximum atomic E-state index is 12.8. The molecule has 0 spiro atoms. The number of hydrogen-bond acceptors (Lipinski definition) is 2. The molecule has 1 aromatic carbocycles. The van der Waals surface area contributed by atoms with Crippen LogP contribution in [0.4, 0.5) is 10.1 Å². The zero-order chi connectivity index (χ0) is 13.8. The fourth-order valence-electron chi connectivity index (χ4n) is 1.81. The lowest BCUT2D eigenvalue weighted by Gasteiger charge is -2.16. The smallest absolute Gasteiger partial charge is 0.152 e. The highest BCUT2D eigenvalue weighted by Crippen LogP contribution is 2.24. The van der Waals surface area contributed by atoms with Gasteiger partial charge in [0.2, 0.25) is 0 Å². The van der Waals surface area contributed by atoms with E-state index in [4.69, 9.17) is 11.6 Å². The van der Waals surface area contributed by atoms with Gasteiger partial charge in [0.15, 0.2) is 5.15 Å². The molecule has 2 aromatic rings. The Labute approximate surface area is 125 Å². The summed E-state index contributed by atoms with van der Waals surface area (Å²) in [6, 6.07) is 8.56. The molecule has 19 heavy (non-hydrogen) atoms. The molecule has 0 aliphatic rings. The van der Waals surface area contributed by atoms with Crippen molar-refractivity contribution in [1.82, 2.24) is 4.98 Å². The largest absolute Gasteiger partial charge is 0.380 e. The van der Waals surface area contributed by atoms with E-state index in [-0.39, 0.29) is 11.9 Å². The summed E-state index contributed by atoms with van der Waals surface area (Å²) >= 11 is 9.38. The first kappa shape index (κ1) is 14.3. The van der Waals surface area contributed by atoms with E-state index in [9.17, 15) is 4.39 Å². The first-order valence-electron chi connectivity index (χ1n) is 5.86. The summed E-state index contributed by atoms with van der Waals surface area (Å²) in [4.78, 5) is 4.06. The van der Waals surface area contributed by atoms with Gasteiger partial charge in [-0.25, -0.2) is 9.37 Å². The van der Waals surface area contributed by atoms with Crippen molar-refractivity contribution >= 4 is 33.2 Å². The van der Waals surface area contributed by atoms with Crippen LogP contribution in [0.5, 0.6) is 0 Å². The number of nitrogens with one attached hydrogen (secondary N) is 1. The van der Waals surface area contributed by atoms with Gasteiger partial charge < -0.3 is 5.32 Å². The van der Waals surface area contributed by atoms with Crippen LogP contribution in [-0.4, -0.2) is 11.0 Å².